The lowest BCUT2D eigenvalue weighted by atomic mass is 10.2. The summed E-state index contributed by atoms with van der Waals surface area (Å²) >= 11 is 0. The summed E-state index contributed by atoms with van der Waals surface area (Å²) in [6.45, 7) is -0.584. The van der Waals surface area contributed by atoms with E-state index in [1.54, 1.807) is 0 Å². The Morgan fingerprint density at radius 1 is 1.53 bits per heavy atom. The average molecular weight is 282 g/mol. The Kier molecular flexibility index (Phi) is 4.76. The van der Waals surface area contributed by atoms with Gasteiger partial charge >= 0.3 is 18.3 Å². The number of aromatic carboxylic acids is 1. The molecule has 0 unspecified atom stereocenters. The van der Waals surface area contributed by atoms with E-state index in [0.29, 0.717) is 0 Å². The average Bonchev–Trinajstić information content (AvgIpc) is 2.28. The molecule has 1 rings (SSSR count). The number of halogens is 4. The highest BCUT2D eigenvalue weighted by atomic mass is 19.3. The summed E-state index contributed by atoms with van der Waals surface area (Å²) < 4.78 is 53.0. The van der Waals surface area contributed by atoms with Crippen molar-refractivity contribution in [1.29, 1.82) is 0 Å². The van der Waals surface area contributed by atoms with E-state index in [0.717, 1.165) is 6.20 Å². The first-order valence-corrected chi connectivity index (χ1v) is 5.03. The van der Waals surface area contributed by atoms with E-state index in [1.165, 1.54) is 6.92 Å². The van der Waals surface area contributed by atoms with Crippen LogP contribution in [0.15, 0.2) is 6.20 Å². The van der Waals surface area contributed by atoms with Crippen LogP contribution in [0.3, 0.4) is 0 Å². The fraction of sp³-hybridized carbons (Fsp3) is 0.500. The van der Waals surface area contributed by atoms with Crippen LogP contribution >= 0.6 is 0 Å². The van der Waals surface area contributed by atoms with Crippen LogP contribution in [0.25, 0.3) is 0 Å². The smallest absolute Gasteiger partial charge is 0.339 e. The van der Waals surface area contributed by atoms with Gasteiger partial charge in [0.25, 0.3) is 0 Å². The molecular formula is C10H10F4N2O3. The molecule has 0 aliphatic rings. The molecule has 106 valence electrons. The predicted octanol–water partition coefficient (Wildman–Crippen LogP) is 1.90. The van der Waals surface area contributed by atoms with Crippen LogP contribution in [0, 0.1) is 6.92 Å². The zero-order valence-corrected chi connectivity index (χ0v) is 9.74. The quantitative estimate of drug-likeness (QED) is 0.807. The van der Waals surface area contributed by atoms with Crippen molar-refractivity contribution < 1.29 is 32.2 Å². The van der Waals surface area contributed by atoms with E-state index >= 15 is 0 Å². The Morgan fingerprint density at radius 2 is 2.16 bits per heavy atom. The molecule has 0 aromatic carbocycles. The number of nitrogens with zero attached hydrogens (tertiary/aromatic N) is 2. The molecule has 5 nitrogen and oxygen atoms in total. The van der Waals surface area contributed by atoms with Crippen LogP contribution in [-0.2, 0) is 11.3 Å². The number of carbonyl (C=O) groups is 1. The minimum atomic E-state index is -4.24. The van der Waals surface area contributed by atoms with Crippen molar-refractivity contribution in [3.63, 3.8) is 0 Å². The third-order valence-electron chi connectivity index (χ3n) is 2.10. The lowest BCUT2D eigenvalue weighted by Crippen LogP contribution is -2.32. The maximum Gasteiger partial charge on any atom is 0.339 e. The first kappa shape index (κ1) is 15.3. The fourth-order valence-corrected chi connectivity index (χ4v) is 1.14. The monoisotopic (exact) mass is 282 g/mol. The van der Waals surface area contributed by atoms with Gasteiger partial charge in [0.2, 0.25) is 0 Å². The van der Waals surface area contributed by atoms with Crippen LogP contribution in [0.2, 0.25) is 0 Å². The molecule has 1 aromatic heterocycles. The van der Waals surface area contributed by atoms with Crippen molar-refractivity contribution in [2.75, 3.05) is 6.61 Å². The molecule has 0 saturated carbocycles. The standard InChI is InChI=1S/C10H10F4N2O3/c1-5-6(8(17)18)2-15-7(16-5)3-19-4-10(13,14)9(11)12/h2,9H,3-4H2,1H3,(H,17,18). The second-order valence-corrected chi connectivity index (χ2v) is 3.64. The van der Waals surface area contributed by atoms with E-state index in [-0.39, 0.29) is 17.1 Å². The third kappa shape index (κ3) is 4.12. The SMILES string of the molecule is Cc1nc(COCC(F)(F)C(F)F)ncc1C(=O)O. The lowest BCUT2D eigenvalue weighted by Gasteiger charge is -2.14. The molecule has 0 bridgehead atoms. The number of carboxylic acid groups (broad SMARTS) is 1. The summed E-state index contributed by atoms with van der Waals surface area (Å²) in [5, 5.41) is 8.71. The van der Waals surface area contributed by atoms with Gasteiger partial charge in [0, 0.05) is 6.20 Å². The van der Waals surface area contributed by atoms with Crippen molar-refractivity contribution in [3.05, 3.63) is 23.3 Å². The number of ether oxygens (including phenoxy) is 1. The van der Waals surface area contributed by atoms with Gasteiger partial charge in [0.15, 0.2) is 5.82 Å². The Balaban J connectivity index is 2.60. The zero-order chi connectivity index (χ0) is 14.6. The van der Waals surface area contributed by atoms with Crippen LogP contribution in [0.4, 0.5) is 17.6 Å². The highest BCUT2D eigenvalue weighted by Crippen LogP contribution is 2.23. The molecule has 0 aliphatic carbocycles. The van der Waals surface area contributed by atoms with E-state index < -0.39 is 31.5 Å². The van der Waals surface area contributed by atoms with Crippen molar-refractivity contribution >= 4 is 5.97 Å². The summed E-state index contributed by atoms with van der Waals surface area (Å²) in [5.41, 5.74) is -0.0108. The second-order valence-electron chi connectivity index (χ2n) is 3.64. The number of aromatic nitrogens is 2. The molecule has 1 aromatic rings. The molecule has 0 amide bonds. The largest absolute Gasteiger partial charge is 0.478 e. The fourth-order valence-electron chi connectivity index (χ4n) is 1.14. The first-order chi connectivity index (χ1) is 8.74. The molecule has 19 heavy (non-hydrogen) atoms. The molecule has 9 heteroatoms. The number of carboxylic acids is 1. The number of rotatable bonds is 6. The normalized spacial score (nSPS) is 11.9. The van der Waals surface area contributed by atoms with Crippen LogP contribution in [-0.4, -0.2) is 40.0 Å². The molecule has 1 heterocycles. The van der Waals surface area contributed by atoms with Gasteiger partial charge in [0.05, 0.1) is 11.3 Å². The summed E-state index contributed by atoms with van der Waals surface area (Å²) in [6.07, 6.45) is -2.82. The Labute approximate surface area is 105 Å². The molecule has 0 saturated heterocycles. The molecule has 0 aliphatic heterocycles. The highest BCUT2D eigenvalue weighted by Gasteiger charge is 2.41. The Morgan fingerprint density at radius 3 is 2.63 bits per heavy atom. The molecular weight excluding hydrogens is 272 g/mol. The molecule has 0 spiro atoms. The second kappa shape index (κ2) is 5.91. The Hall–Kier alpha value is -1.77. The summed E-state index contributed by atoms with van der Waals surface area (Å²) in [6, 6.07) is 0. The van der Waals surface area contributed by atoms with Crippen molar-refractivity contribution in [2.24, 2.45) is 0 Å². The minimum absolute atomic E-state index is 0.0624. The van der Waals surface area contributed by atoms with Crippen LogP contribution < -0.4 is 0 Å². The molecule has 1 N–H and O–H groups in total. The van der Waals surface area contributed by atoms with Crippen LogP contribution in [0.5, 0.6) is 0 Å². The summed E-state index contributed by atoms with van der Waals surface area (Å²) in [7, 11) is 0. The van der Waals surface area contributed by atoms with Gasteiger partial charge < -0.3 is 9.84 Å². The molecule has 0 radical (unpaired) electrons. The zero-order valence-electron chi connectivity index (χ0n) is 9.74. The topological polar surface area (TPSA) is 72.3 Å². The highest BCUT2D eigenvalue weighted by molar-refractivity contribution is 5.88. The van der Waals surface area contributed by atoms with Crippen LogP contribution in [0.1, 0.15) is 21.9 Å². The van der Waals surface area contributed by atoms with Gasteiger partial charge in [-0.25, -0.2) is 23.5 Å². The molecule has 0 atom stereocenters. The maximum absolute atomic E-state index is 12.5. The Bertz CT molecular complexity index is 468. The number of hydrogen-bond donors (Lipinski definition) is 1. The lowest BCUT2D eigenvalue weighted by molar-refractivity contribution is -0.168. The van der Waals surface area contributed by atoms with E-state index in [9.17, 15) is 22.4 Å². The van der Waals surface area contributed by atoms with E-state index in [2.05, 4.69) is 14.7 Å². The van der Waals surface area contributed by atoms with E-state index in [4.69, 9.17) is 5.11 Å². The summed E-state index contributed by atoms with van der Waals surface area (Å²) in [4.78, 5) is 17.9. The minimum Gasteiger partial charge on any atom is -0.478 e. The van der Waals surface area contributed by atoms with Crippen molar-refractivity contribution in [2.45, 2.75) is 25.9 Å². The number of aryl methyl sites for hydroxylation is 1. The van der Waals surface area contributed by atoms with Gasteiger partial charge in [-0.05, 0) is 6.92 Å². The maximum atomic E-state index is 12.5. The van der Waals surface area contributed by atoms with Gasteiger partial charge in [-0.15, -0.1) is 0 Å². The van der Waals surface area contributed by atoms with Gasteiger partial charge in [0.1, 0.15) is 13.2 Å². The number of hydrogen-bond acceptors (Lipinski definition) is 4. The van der Waals surface area contributed by atoms with Gasteiger partial charge in [-0.3, -0.25) is 0 Å². The summed E-state index contributed by atoms with van der Waals surface area (Å²) in [5.74, 6) is -5.53. The number of alkyl halides is 4. The van der Waals surface area contributed by atoms with Crippen molar-refractivity contribution in [1.82, 2.24) is 9.97 Å². The van der Waals surface area contributed by atoms with Gasteiger partial charge in [-0.1, -0.05) is 0 Å². The van der Waals surface area contributed by atoms with E-state index in [1.807, 2.05) is 0 Å². The van der Waals surface area contributed by atoms with Gasteiger partial charge in [-0.2, -0.15) is 8.78 Å². The first-order valence-electron chi connectivity index (χ1n) is 5.03. The van der Waals surface area contributed by atoms with Crippen molar-refractivity contribution in [3.8, 4) is 0 Å². The predicted molar refractivity (Wildman–Crippen MR) is 54.3 cm³/mol. The third-order valence-corrected chi connectivity index (χ3v) is 2.10. The molecule has 0 fully saturated rings.